The summed E-state index contributed by atoms with van der Waals surface area (Å²) in [4.78, 5) is 0. The van der Waals surface area contributed by atoms with Crippen molar-refractivity contribution in [3.8, 4) is 5.75 Å². The van der Waals surface area contributed by atoms with Gasteiger partial charge in [0.15, 0.2) is 11.6 Å². The lowest BCUT2D eigenvalue weighted by Gasteiger charge is -2.12. The van der Waals surface area contributed by atoms with Crippen molar-refractivity contribution in [1.29, 1.82) is 0 Å². The van der Waals surface area contributed by atoms with Crippen molar-refractivity contribution in [2.24, 2.45) is 0 Å². The predicted molar refractivity (Wildman–Crippen MR) is 74.8 cm³/mol. The molecule has 0 N–H and O–H groups in total. The van der Waals surface area contributed by atoms with E-state index in [1.54, 1.807) is 12.1 Å². The van der Waals surface area contributed by atoms with E-state index in [1.165, 1.54) is 13.2 Å². The Morgan fingerprint density at radius 3 is 2.50 bits per heavy atom. The van der Waals surface area contributed by atoms with Gasteiger partial charge in [-0.1, -0.05) is 34.1 Å². The highest BCUT2D eigenvalue weighted by Gasteiger charge is 2.13. The number of halogens is 3. The van der Waals surface area contributed by atoms with Crippen LogP contribution >= 0.6 is 27.5 Å². The molecule has 0 saturated carbocycles. The van der Waals surface area contributed by atoms with E-state index < -0.39 is 5.82 Å². The number of hydrogen-bond donors (Lipinski definition) is 0. The zero-order valence-electron chi connectivity index (χ0n) is 9.66. The van der Waals surface area contributed by atoms with Crippen LogP contribution in [-0.4, -0.2) is 7.11 Å². The van der Waals surface area contributed by atoms with Gasteiger partial charge in [-0.25, -0.2) is 4.39 Å². The predicted octanol–water partition coefficient (Wildman–Crippen LogP) is 4.93. The normalized spacial score (nSPS) is 12.2. The van der Waals surface area contributed by atoms with Crippen LogP contribution in [0, 0.1) is 5.82 Å². The standard InChI is InChI=1S/C14H11BrClFO/c1-18-13-6-5-10(8-12(13)17)14(16)9-3-2-4-11(15)7-9/h2-8,14H,1H3. The first-order valence-corrected chi connectivity index (χ1v) is 6.57. The minimum Gasteiger partial charge on any atom is -0.494 e. The number of benzene rings is 2. The Morgan fingerprint density at radius 1 is 1.17 bits per heavy atom. The van der Waals surface area contributed by atoms with Crippen molar-refractivity contribution in [3.63, 3.8) is 0 Å². The fourth-order valence-corrected chi connectivity index (χ4v) is 2.39. The molecule has 0 aromatic heterocycles. The van der Waals surface area contributed by atoms with Gasteiger partial charge in [-0.2, -0.15) is 0 Å². The smallest absolute Gasteiger partial charge is 0.165 e. The lowest BCUT2D eigenvalue weighted by atomic mass is 10.0. The molecule has 0 amide bonds. The molecule has 18 heavy (non-hydrogen) atoms. The monoisotopic (exact) mass is 328 g/mol. The van der Waals surface area contributed by atoms with Crippen molar-refractivity contribution < 1.29 is 9.13 Å². The summed E-state index contributed by atoms with van der Waals surface area (Å²) in [5, 5.41) is -0.386. The molecular formula is C14H11BrClFO. The first-order valence-electron chi connectivity index (χ1n) is 5.35. The lowest BCUT2D eigenvalue weighted by Crippen LogP contribution is -1.96. The minimum atomic E-state index is -0.407. The van der Waals surface area contributed by atoms with E-state index in [-0.39, 0.29) is 11.1 Å². The molecule has 0 saturated heterocycles. The van der Waals surface area contributed by atoms with E-state index in [9.17, 15) is 4.39 Å². The molecular weight excluding hydrogens is 319 g/mol. The highest BCUT2D eigenvalue weighted by atomic mass is 79.9. The minimum absolute atomic E-state index is 0.219. The van der Waals surface area contributed by atoms with Crippen LogP contribution in [0.4, 0.5) is 4.39 Å². The third-order valence-corrected chi connectivity index (χ3v) is 3.61. The molecule has 2 aromatic carbocycles. The molecule has 94 valence electrons. The second-order valence-corrected chi connectivity index (χ2v) is 5.16. The number of alkyl halides is 1. The summed E-state index contributed by atoms with van der Waals surface area (Å²) >= 11 is 9.73. The van der Waals surface area contributed by atoms with E-state index in [0.29, 0.717) is 5.56 Å². The maximum atomic E-state index is 13.6. The van der Waals surface area contributed by atoms with E-state index in [1.807, 2.05) is 24.3 Å². The van der Waals surface area contributed by atoms with Gasteiger partial charge in [-0.05, 0) is 35.4 Å². The van der Waals surface area contributed by atoms with Crippen molar-refractivity contribution >= 4 is 27.5 Å². The van der Waals surface area contributed by atoms with Gasteiger partial charge in [0.2, 0.25) is 0 Å². The van der Waals surface area contributed by atoms with Gasteiger partial charge in [0.25, 0.3) is 0 Å². The van der Waals surface area contributed by atoms with Gasteiger partial charge < -0.3 is 4.74 Å². The van der Waals surface area contributed by atoms with Crippen molar-refractivity contribution in [1.82, 2.24) is 0 Å². The molecule has 2 rings (SSSR count). The summed E-state index contributed by atoms with van der Waals surface area (Å²) in [7, 11) is 1.44. The third-order valence-electron chi connectivity index (χ3n) is 2.61. The molecule has 2 aromatic rings. The summed E-state index contributed by atoms with van der Waals surface area (Å²) in [6.07, 6.45) is 0. The molecule has 0 aliphatic rings. The van der Waals surface area contributed by atoms with Crippen molar-refractivity contribution in [3.05, 3.63) is 63.9 Å². The number of rotatable bonds is 3. The van der Waals surface area contributed by atoms with Crippen LogP contribution in [0.5, 0.6) is 5.75 Å². The van der Waals surface area contributed by atoms with Crippen LogP contribution in [0.1, 0.15) is 16.5 Å². The fourth-order valence-electron chi connectivity index (χ4n) is 1.70. The van der Waals surface area contributed by atoms with Gasteiger partial charge in [-0.15, -0.1) is 11.6 Å². The Bertz CT molecular complexity index is 559. The first kappa shape index (κ1) is 13.4. The molecule has 0 aliphatic carbocycles. The summed E-state index contributed by atoms with van der Waals surface area (Å²) < 4.78 is 19.4. The van der Waals surface area contributed by atoms with Crippen LogP contribution < -0.4 is 4.74 Å². The highest BCUT2D eigenvalue weighted by molar-refractivity contribution is 9.10. The number of methoxy groups -OCH3 is 1. The zero-order chi connectivity index (χ0) is 13.1. The van der Waals surface area contributed by atoms with E-state index in [2.05, 4.69) is 15.9 Å². The zero-order valence-corrected chi connectivity index (χ0v) is 12.0. The van der Waals surface area contributed by atoms with Crippen LogP contribution in [-0.2, 0) is 0 Å². The van der Waals surface area contributed by atoms with Crippen molar-refractivity contribution in [2.45, 2.75) is 5.38 Å². The summed E-state index contributed by atoms with van der Waals surface area (Å²) in [6.45, 7) is 0. The first-order chi connectivity index (χ1) is 8.61. The maximum absolute atomic E-state index is 13.6. The second-order valence-electron chi connectivity index (χ2n) is 3.81. The SMILES string of the molecule is COc1ccc(C(Cl)c2cccc(Br)c2)cc1F. The second kappa shape index (κ2) is 5.72. The van der Waals surface area contributed by atoms with Crippen molar-refractivity contribution in [2.75, 3.05) is 7.11 Å². The number of hydrogen-bond acceptors (Lipinski definition) is 1. The van der Waals surface area contributed by atoms with Crippen LogP contribution in [0.2, 0.25) is 0 Å². The van der Waals surface area contributed by atoms with E-state index in [0.717, 1.165) is 10.0 Å². The average Bonchev–Trinajstić information content (AvgIpc) is 2.37. The molecule has 1 unspecified atom stereocenters. The third kappa shape index (κ3) is 2.85. The average molecular weight is 330 g/mol. The number of ether oxygens (including phenoxy) is 1. The highest BCUT2D eigenvalue weighted by Crippen LogP contribution is 2.32. The van der Waals surface area contributed by atoms with Crippen LogP contribution in [0.15, 0.2) is 46.9 Å². The Morgan fingerprint density at radius 2 is 1.89 bits per heavy atom. The molecule has 4 heteroatoms. The van der Waals surface area contributed by atoms with E-state index in [4.69, 9.17) is 16.3 Å². The van der Waals surface area contributed by atoms with Gasteiger partial charge in [0.1, 0.15) is 0 Å². The molecule has 0 fully saturated rings. The molecule has 1 atom stereocenters. The topological polar surface area (TPSA) is 9.23 Å². The van der Waals surface area contributed by atoms with E-state index >= 15 is 0 Å². The van der Waals surface area contributed by atoms with Gasteiger partial charge in [0.05, 0.1) is 12.5 Å². The van der Waals surface area contributed by atoms with Crippen LogP contribution in [0.3, 0.4) is 0 Å². The Labute approximate surface area is 119 Å². The van der Waals surface area contributed by atoms with Gasteiger partial charge in [0, 0.05) is 4.47 Å². The quantitative estimate of drug-likeness (QED) is 0.726. The fraction of sp³-hybridized carbons (Fsp3) is 0.143. The molecule has 0 spiro atoms. The van der Waals surface area contributed by atoms with Gasteiger partial charge >= 0.3 is 0 Å². The Balaban J connectivity index is 2.34. The van der Waals surface area contributed by atoms with Crippen LogP contribution in [0.25, 0.3) is 0 Å². The summed E-state index contributed by atoms with van der Waals surface area (Å²) in [6, 6.07) is 12.4. The largest absolute Gasteiger partial charge is 0.494 e. The molecule has 0 aliphatic heterocycles. The summed E-state index contributed by atoms with van der Waals surface area (Å²) in [5.41, 5.74) is 1.61. The lowest BCUT2D eigenvalue weighted by molar-refractivity contribution is 0.386. The molecule has 0 heterocycles. The molecule has 1 nitrogen and oxygen atoms in total. The maximum Gasteiger partial charge on any atom is 0.165 e. The van der Waals surface area contributed by atoms with Gasteiger partial charge in [-0.3, -0.25) is 0 Å². The Hall–Kier alpha value is -1.06. The molecule has 0 radical (unpaired) electrons. The summed E-state index contributed by atoms with van der Waals surface area (Å²) in [5.74, 6) is -0.187. The molecule has 0 bridgehead atoms. The Kier molecular flexibility index (Phi) is 4.25.